The number of methoxy groups -OCH3 is 1. The van der Waals surface area contributed by atoms with Crippen molar-refractivity contribution < 1.29 is 9.47 Å². The van der Waals surface area contributed by atoms with E-state index in [9.17, 15) is 0 Å². The zero-order valence-electron chi connectivity index (χ0n) is 14.8. The number of para-hydroxylation sites is 1. The van der Waals surface area contributed by atoms with Gasteiger partial charge in [-0.3, -0.25) is 0 Å². The molecule has 1 fully saturated rings. The van der Waals surface area contributed by atoms with Gasteiger partial charge in [0.25, 0.3) is 0 Å². The molecule has 0 spiro atoms. The molecular formula is C18H29N3O2. The lowest BCUT2D eigenvalue weighted by Crippen LogP contribution is -2.36. The van der Waals surface area contributed by atoms with Crippen LogP contribution in [0.2, 0.25) is 0 Å². The molecule has 0 atom stereocenters. The Morgan fingerprint density at radius 1 is 1.30 bits per heavy atom. The van der Waals surface area contributed by atoms with Gasteiger partial charge in [-0.2, -0.15) is 0 Å². The maximum absolute atomic E-state index is 6.25. The average Bonchev–Trinajstić information content (AvgIpc) is 3.05. The Morgan fingerprint density at radius 3 is 2.65 bits per heavy atom. The van der Waals surface area contributed by atoms with Crippen LogP contribution >= 0.6 is 0 Å². The summed E-state index contributed by atoms with van der Waals surface area (Å²) in [6.07, 6.45) is 5.05. The molecule has 1 N–H and O–H groups in total. The maximum Gasteiger partial charge on any atom is 0.193 e. The molecule has 0 radical (unpaired) electrons. The van der Waals surface area contributed by atoms with E-state index in [1.54, 1.807) is 7.11 Å². The van der Waals surface area contributed by atoms with Crippen molar-refractivity contribution in [3.8, 4) is 11.5 Å². The standard InChI is InChI=1S/C18H29N3O2/c1-5-19-18(21(2)3)20-13-14-9-8-12-16(22-4)17(14)23-15-10-6-7-11-15/h8-9,12,15H,5-7,10-11,13H2,1-4H3,(H,19,20). The van der Waals surface area contributed by atoms with E-state index < -0.39 is 0 Å². The van der Waals surface area contributed by atoms with Gasteiger partial charge in [0.2, 0.25) is 0 Å². The first-order valence-corrected chi connectivity index (χ1v) is 8.43. The minimum atomic E-state index is 0.302. The second-order valence-electron chi connectivity index (χ2n) is 6.04. The first-order chi connectivity index (χ1) is 11.2. The third-order valence-corrected chi connectivity index (χ3v) is 4.02. The highest BCUT2D eigenvalue weighted by molar-refractivity contribution is 5.79. The minimum absolute atomic E-state index is 0.302. The zero-order valence-corrected chi connectivity index (χ0v) is 14.8. The van der Waals surface area contributed by atoms with Crippen LogP contribution in [0.25, 0.3) is 0 Å². The van der Waals surface area contributed by atoms with E-state index in [0.717, 1.165) is 42.4 Å². The number of nitrogens with zero attached hydrogens (tertiary/aromatic N) is 2. The fourth-order valence-electron chi connectivity index (χ4n) is 2.83. The Kier molecular flexibility index (Phi) is 6.56. The molecule has 1 aromatic rings. The van der Waals surface area contributed by atoms with E-state index in [4.69, 9.17) is 9.47 Å². The number of benzene rings is 1. The Labute approximate surface area is 139 Å². The van der Waals surface area contributed by atoms with E-state index in [-0.39, 0.29) is 0 Å². The summed E-state index contributed by atoms with van der Waals surface area (Å²) in [4.78, 5) is 6.68. The molecule has 0 saturated heterocycles. The number of guanidine groups is 1. The largest absolute Gasteiger partial charge is 0.493 e. The summed E-state index contributed by atoms with van der Waals surface area (Å²) < 4.78 is 11.8. The number of hydrogen-bond donors (Lipinski definition) is 1. The molecule has 0 aliphatic heterocycles. The molecule has 0 aromatic heterocycles. The van der Waals surface area contributed by atoms with E-state index in [1.165, 1.54) is 12.8 Å². The number of nitrogens with one attached hydrogen (secondary N) is 1. The van der Waals surface area contributed by atoms with Gasteiger partial charge in [0.15, 0.2) is 17.5 Å². The molecule has 1 aliphatic rings. The monoisotopic (exact) mass is 319 g/mol. The summed E-state index contributed by atoms with van der Waals surface area (Å²) in [7, 11) is 5.67. The van der Waals surface area contributed by atoms with Crippen LogP contribution in [0.5, 0.6) is 11.5 Å². The lowest BCUT2D eigenvalue weighted by molar-refractivity contribution is 0.198. The normalized spacial score (nSPS) is 15.6. The summed E-state index contributed by atoms with van der Waals surface area (Å²) in [5.74, 6) is 2.52. The van der Waals surface area contributed by atoms with Crippen LogP contribution in [0.3, 0.4) is 0 Å². The number of hydrogen-bond acceptors (Lipinski definition) is 3. The van der Waals surface area contributed by atoms with Gasteiger partial charge >= 0.3 is 0 Å². The van der Waals surface area contributed by atoms with Crippen LogP contribution in [-0.2, 0) is 6.54 Å². The smallest absolute Gasteiger partial charge is 0.193 e. The number of aliphatic imine (C=N–C) groups is 1. The quantitative estimate of drug-likeness (QED) is 0.647. The van der Waals surface area contributed by atoms with Gasteiger partial charge in [0.1, 0.15) is 0 Å². The molecule has 0 unspecified atom stereocenters. The zero-order chi connectivity index (χ0) is 16.7. The molecule has 128 valence electrons. The summed E-state index contributed by atoms with van der Waals surface area (Å²) >= 11 is 0. The SMILES string of the molecule is CCNC(=NCc1cccc(OC)c1OC1CCCC1)N(C)C. The fraction of sp³-hybridized carbons (Fsp3) is 0.611. The molecule has 0 bridgehead atoms. The van der Waals surface area contributed by atoms with Crippen molar-refractivity contribution in [2.75, 3.05) is 27.7 Å². The van der Waals surface area contributed by atoms with E-state index in [2.05, 4.69) is 23.3 Å². The highest BCUT2D eigenvalue weighted by Gasteiger charge is 2.20. The van der Waals surface area contributed by atoms with Crippen LogP contribution < -0.4 is 14.8 Å². The van der Waals surface area contributed by atoms with Crippen molar-refractivity contribution in [1.82, 2.24) is 10.2 Å². The van der Waals surface area contributed by atoms with E-state index in [1.807, 2.05) is 31.1 Å². The third-order valence-electron chi connectivity index (χ3n) is 4.02. The van der Waals surface area contributed by atoms with Gasteiger partial charge in [0, 0.05) is 26.2 Å². The van der Waals surface area contributed by atoms with Gasteiger partial charge in [-0.15, -0.1) is 0 Å². The molecule has 1 saturated carbocycles. The summed E-state index contributed by atoms with van der Waals surface area (Å²) in [6.45, 7) is 3.49. The Morgan fingerprint density at radius 2 is 2.04 bits per heavy atom. The lowest BCUT2D eigenvalue weighted by atomic mass is 10.1. The lowest BCUT2D eigenvalue weighted by Gasteiger charge is -2.20. The van der Waals surface area contributed by atoms with Gasteiger partial charge in [-0.25, -0.2) is 4.99 Å². The van der Waals surface area contributed by atoms with Crippen LogP contribution in [0.4, 0.5) is 0 Å². The second-order valence-corrected chi connectivity index (χ2v) is 6.04. The summed E-state index contributed by atoms with van der Waals surface area (Å²) in [5, 5.41) is 3.28. The van der Waals surface area contributed by atoms with Crippen molar-refractivity contribution in [3.05, 3.63) is 23.8 Å². The topological polar surface area (TPSA) is 46.1 Å². The minimum Gasteiger partial charge on any atom is -0.493 e. The van der Waals surface area contributed by atoms with Crippen molar-refractivity contribution in [2.24, 2.45) is 4.99 Å². The third kappa shape index (κ3) is 4.78. The van der Waals surface area contributed by atoms with Gasteiger partial charge in [-0.05, 0) is 38.7 Å². The van der Waals surface area contributed by atoms with Gasteiger partial charge in [-0.1, -0.05) is 12.1 Å². The predicted molar refractivity (Wildman–Crippen MR) is 94.4 cm³/mol. The van der Waals surface area contributed by atoms with Crippen molar-refractivity contribution in [2.45, 2.75) is 45.3 Å². The van der Waals surface area contributed by atoms with Crippen molar-refractivity contribution in [1.29, 1.82) is 0 Å². The Bertz CT molecular complexity index is 523. The molecule has 2 rings (SSSR count). The summed E-state index contributed by atoms with van der Waals surface area (Å²) in [6, 6.07) is 6.01. The van der Waals surface area contributed by atoms with E-state index >= 15 is 0 Å². The predicted octanol–water partition coefficient (Wildman–Crippen LogP) is 3.04. The summed E-state index contributed by atoms with van der Waals surface area (Å²) in [5.41, 5.74) is 1.06. The van der Waals surface area contributed by atoms with Crippen LogP contribution in [0.15, 0.2) is 23.2 Å². The molecule has 23 heavy (non-hydrogen) atoms. The average molecular weight is 319 g/mol. The first kappa shape index (κ1) is 17.4. The molecule has 0 heterocycles. The molecule has 1 aromatic carbocycles. The van der Waals surface area contributed by atoms with E-state index in [0.29, 0.717) is 12.6 Å². The molecule has 1 aliphatic carbocycles. The highest BCUT2D eigenvalue weighted by Crippen LogP contribution is 2.35. The molecule has 0 amide bonds. The van der Waals surface area contributed by atoms with Gasteiger partial charge < -0.3 is 19.7 Å². The Balaban J connectivity index is 2.20. The van der Waals surface area contributed by atoms with Gasteiger partial charge in [0.05, 0.1) is 19.8 Å². The second kappa shape index (κ2) is 8.65. The maximum atomic E-state index is 6.25. The van der Waals surface area contributed by atoms with Crippen LogP contribution in [-0.4, -0.2) is 44.7 Å². The molecule has 5 heteroatoms. The van der Waals surface area contributed by atoms with Crippen molar-refractivity contribution >= 4 is 5.96 Å². The Hall–Kier alpha value is -1.91. The molecular weight excluding hydrogens is 290 g/mol. The first-order valence-electron chi connectivity index (χ1n) is 8.43. The number of rotatable bonds is 6. The van der Waals surface area contributed by atoms with Crippen molar-refractivity contribution in [3.63, 3.8) is 0 Å². The van der Waals surface area contributed by atoms with Crippen LogP contribution in [0.1, 0.15) is 38.2 Å². The fourth-order valence-corrected chi connectivity index (χ4v) is 2.83. The number of ether oxygens (including phenoxy) is 2. The highest BCUT2D eigenvalue weighted by atomic mass is 16.5. The van der Waals surface area contributed by atoms with Crippen LogP contribution in [0, 0.1) is 0 Å². The molecule has 5 nitrogen and oxygen atoms in total.